The van der Waals surface area contributed by atoms with Crippen molar-refractivity contribution in [3.63, 3.8) is 0 Å². The number of carbonyl (C=O) groups excluding carboxylic acids is 1. The summed E-state index contributed by atoms with van der Waals surface area (Å²) < 4.78 is 10.7. The number of carbonyl (C=O) groups is 1. The van der Waals surface area contributed by atoms with Crippen LogP contribution >= 0.6 is 23.8 Å². The van der Waals surface area contributed by atoms with Crippen molar-refractivity contribution >= 4 is 40.4 Å². The Hall–Kier alpha value is -2.84. The lowest BCUT2D eigenvalue weighted by atomic mass is 10.1. The second kappa shape index (κ2) is 9.58. The van der Waals surface area contributed by atoms with Gasteiger partial charge in [-0.1, -0.05) is 29.9 Å². The SMILES string of the molecule is COc1cnccc1CNC1=C(C(=S)Nc2cccc(Cl)c2OC)C(=O)NCC1. The number of rotatable bonds is 7. The summed E-state index contributed by atoms with van der Waals surface area (Å²) in [7, 11) is 3.12. The van der Waals surface area contributed by atoms with Crippen LogP contribution in [0.4, 0.5) is 5.69 Å². The quantitative estimate of drug-likeness (QED) is 0.580. The van der Waals surface area contributed by atoms with Gasteiger partial charge in [-0.25, -0.2) is 0 Å². The van der Waals surface area contributed by atoms with E-state index in [-0.39, 0.29) is 10.9 Å². The molecule has 9 heteroatoms. The first-order valence-corrected chi connectivity index (χ1v) is 9.69. The minimum Gasteiger partial charge on any atom is -0.495 e. The fourth-order valence-electron chi connectivity index (χ4n) is 3.01. The number of pyridine rings is 1. The molecule has 2 heterocycles. The van der Waals surface area contributed by atoms with Gasteiger partial charge in [-0.3, -0.25) is 9.78 Å². The molecule has 3 rings (SSSR count). The van der Waals surface area contributed by atoms with Crippen LogP contribution in [0.1, 0.15) is 12.0 Å². The number of amides is 1. The van der Waals surface area contributed by atoms with Crippen LogP contribution in [0.15, 0.2) is 47.9 Å². The van der Waals surface area contributed by atoms with E-state index in [9.17, 15) is 4.79 Å². The Bertz CT molecular complexity index is 964. The first-order chi connectivity index (χ1) is 14.0. The number of nitrogens with zero attached hydrogens (tertiary/aromatic N) is 1. The molecule has 3 N–H and O–H groups in total. The summed E-state index contributed by atoms with van der Waals surface area (Å²) in [5, 5.41) is 9.69. The van der Waals surface area contributed by atoms with Gasteiger partial charge in [-0.05, 0) is 18.2 Å². The molecule has 0 saturated carbocycles. The lowest BCUT2D eigenvalue weighted by molar-refractivity contribution is -0.117. The van der Waals surface area contributed by atoms with E-state index in [0.717, 1.165) is 11.3 Å². The van der Waals surface area contributed by atoms with Crippen molar-refractivity contribution in [1.29, 1.82) is 0 Å². The summed E-state index contributed by atoms with van der Waals surface area (Å²) in [6.07, 6.45) is 3.97. The number of para-hydroxylation sites is 1. The molecule has 0 spiro atoms. The standard InChI is InChI=1S/C20H21ClN4O3S/c1-27-16-11-22-8-6-12(16)10-24-14-7-9-23-19(26)17(14)20(29)25-15-5-3-4-13(21)18(15)28-2/h3-6,8,11,24H,7,9-10H2,1-2H3,(H,23,26)(H,25,29). The van der Waals surface area contributed by atoms with Crippen molar-refractivity contribution in [2.45, 2.75) is 13.0 Å². The molecule has 0 aliphatic carbocycles. The van der Waals surface area contributed by atoms with Gasteiger partial charge in [-0.15, -0.1) is 0 Å². The Morgan fingerprint density at radius 1 is 1.31 bits per heavy atom. The zero-order valence-corrected chi connectivity index (χ0v) is 17.6. The van der Waals surface area contributed by atoms with Gasteiger partial charge in [-0.2, -0.15) is 0 Å². The molecule has 7 nitrogen and oxygen atoms in total. The monoisotopic (exact) mass is 432 g/mol. The van der Waals surface area contributed by atoms with Gasteiger partial charge in [0.05, 0.1) is 36.7 Å². The van der Waals surface area contributed by atoms with Crippen molar-refractivity contribution in [3.8, 4) is 11.5 Å². The second-order valence-corrected chi connectivity index (χ2v) is 6.99. The molecule has 1 aromatic heterocycles. The molecule has 1 aliphatic rings. The van der Waals surface area contributed by atoms with Crippen LogP contribution in [-0.4, -0.2) is 36.6 Å². The normalized spacial score (nSPS) is 13.6. The number of benzene rings is 1. The van der Waals surface area contributed by atoms with Gasteiger partial charge in [0.15, 0.2) is 5.75 Å². The van der Waals surface area contributed by atoms with Crippen LogP contribution < -0.4 is 25.4 Å². The molecule has 0 fully saturated rings. The van der Waals surface area contributed by atoms with Gasteiger partial charge >= 0.3 is 0 Å². The fraction of sp³-hybridized carbons (Fsp3) is 0.250. The highest BCUT2D eigenvalue weighted by Gasteiger charge is 2.25. The molecule has 1 aliphatic heterocycles. The second-order valence-electron chi connectivity index (χ2n) is 6.18. The number of halogens is 1. The highest BCUT2D eigenvalue weighted by atomic mass is 35.5. The molecule has 0 atom stereocenters. The third kappa shape index (κ3) is 4.78. The van der Waals surface area contributed by atoms with Crippen LogP contribution in [-0.2, 0) is 11.3 Å². The number of methoxy groups -OCH3 is 2. The van der Waals surface area contributed by atoms with Crippen LogP contribution in [0.3, 0.4) is 0 Å². The highest BCUT2D eigenvalue weighted by Crippen LogP contribution is 2.33. The molecular weight excluding hydrogens is 412 g/mol. The van der Waals surface area contributed by atoms with E-state index in [1.807, 2.05) is 6.07 Å². The Morgan fingerprint density at radius 3 is 2.90 bits per heavy atom. The summed E-state index contributed by atoms with van der Waals surface area (Å²) >= 11 is 11.7. The van der Waals surface area contributed by atoms with Crippen molar-refractivity contribution in [2.75, 3.05) is 26.1 Å². The van der Waals surface area contributed by atoms with E-state index < -0.39 is 0 Å². The van der Waals surface area contributed by atoms with Crippen molar-refractivity contribution in [2.24, 2.45) is 0 Å². The highest BCUT2D eigenvalue weighted by molar-refractivity contribution is 7.81. The van der Waals surface area contributed by atoms with Gasteiger partial charge in [0.2, 0.25) is 0 Å². The van der Waals surface area contributed by atoms with E-state index in [1.165, 1.54) is 7.11 Å². The number of nitrogens with one attached hydrogen (secondary N) is 3. The number of thiocarbonyl (C=S) groups is 1. The molecular formula is C20H21ClN4O3S. The Balaban J connectivity index is 1.85. The summed E-state index contributed by atoms with van der Waals surface area (Å²) in [5.41, 5.74) is 2.66. The van der Waals surface area contributed by atoms with Crippen LogP contribution in [0.25, 0.3) is 0 Å². The molecule has 1 amide bonds. The number of ether oxygens (including phenoxy) is 2. The van der Waals surface area contributed by atoms with Crippen LogP contribution in [0.5, 0.6) is 11.5 Å². The number of aromatic nitrogens is 1. The number of hydrogen-bond donors (Lipinski definition) is 3. The largest absolute Gasteiger partial charge is 0.495 e. The van der Waals surface area contributed by atoms with Crippen LogP contribution in [0.2, 0.25) is 5.02 Å². The molecule has 0 bridgehead atoms. The molecule has 2 aromatic rings. The molecule has 0 saturated heterocycles. The van der Waals surface area contributed by atoms with E-state index in [1.54, 1.807) is 37.7 Å². The minimum atomic E-state index is -0.237. The molecule has 29 heavy (non-hydrogen) atoms. The van der Waals surface area contributed by atoms with E-state index in [0.29, 0.717) is 47.3 Å². The Labute approximate surface area is 179 Å². The van der Waals surface area contributed by atoms with E-state index in [4.69, 9.17) is 33.3 Å². The molecule has 0 unspecified atom stereocenters. The van der Waals surface area contributed by atoms with Gasteiger partial charge in [0, 0.05) is 37.0 Å². The maximum absolute atomic E-state index is 12.6. The first-order valence-electron chi connectivity index (χ1n) is 8.91. The molecule has 0 radical (unpaired) electrons. The third-order valence-electron chi connectivity index (χ3n) is 4.42. The predicted molar refractivity (Wildman–Crippen MR) is 117 cm³/mol. The van der Waals surface area contributed by atoms with E-state index >= 15 is 0 Å². The number of hydrogen-bond acceptors (Lipinski definition) is 6. The average molecular weight is 433 g/mol. The number of anilines is 1. The van der Waals surface area contributed by atoms with Crippen molar-refractivity contribution in [3.05, 3.63) is 58.5 Å². The minimum absolute atomic E-state index is 0.237. The maximum Gasteiger partial charge on any atom is 0.256 e. The molecule has 152 valence electrons. The lowest BCUT2D eigenvalue weighted by Crippen LogP contribution is -2.39. The van der Waals surface area contributed by atoms with E-state index in [2.05, 4.69) is 20.9 Å². The predicted octanol–water partition coefficient (Wildman–Crippen LogP) is 3.06. The summed E-state index contributed by atoms with van der Waals surface area (Å²) in [4.78, 5) is 16.9. The zero-order valence-electron chi connectivity index (χ0n) is 16.0. The van der Waals surface area contributed by atoms with Gasteiger partial charge < -0.3 is 25.4 Å². The lowest BCUT2D eigenvalue weighted by Gasteiger charge is -2.23. The fourth-order valence-corrected chi connectivity index (χ4v) is 3.59. The summed E-state index contributed by atoms with van der Waals surface area (Å²) in [5.74, 6) is 0.898. The Kier molecular flexibility index (Phi) is 6.90. The van der Waals surface area contributed by atoms with Crippen LogP contribution in [0, 0.1) is 0 Å². The maximum atomic E-state index is 12.6. The zero-order chi connectivity index (χ0) is 20.8. The van der Waals surface area contributed by atoms with Crippen molar-refractivity contribution in [1.82, 2.24) is 15.6 Å². The third-order valence-corrected chi connectivity index (χ3v) is 5.02. The summed E-state index contributed by atoms with van der Waals surface area (Å²) in [6, 6.07) is 7.14. The first kappa shape index (κ1) is 20.9. The van der Waals surface area contributed by atoms with Gasteiger partial charge in [0.25, 0.3) is 5.91 Å². The topological polar surface area (TPSA) is 84.5 Å². The Morgan fingerprint density at radius 2 is 2.14 bits per heavy atom. The summed E-state index contributed by atoms with van der Waals surface area (Å²) in [6.45, 7) is 1.00. The average Bonchev–Trinajstić information content (AvgIpc) is 2.72. The smallest absolute Gasteiger partial charge is 0.256 e. The van der Waals surface area contributed by atoms with Crippen molar-refractivity contribution < 1.29 is 14.3 Å². The molecule has 1 aromatic carbocycles. The van der Waals surface area contributed by atoms with Gasteiger partial charge in [0.1, 0.15) is 10.7 Å².